The summed E-state index contributed by atoms with van der Waals surface area (Å²) in [5.74, 6) is 2.73. The van der Waals surface area contributed by atoms with Gasteiger partial charge in [0.05, 0.1) is 6.21 Å². The minimum absolute atomic E-state index is 0.141. The SMILES string of the molecule is C#CCOc1ccc(Br)cc1/C=N/NC(=O)c1cc2c(ccc3ccccc32)o1. The Labute approximate surface area is 175 Å². The highest BCUT2D eigenvalue weighted by Gasteiger charge is 2.13. The van der Waals surface area contributed by atoms with Gasteiger partial charge in [0.25, 0.3) is 0 Å². The van der Waals surface area contributed by atoms with Gasteiger partial charge < -0.3 is 9.15 Å². The molecule has 1 amide bonds. The van der Waals surface area contributed by atoms with Crippen molar-refractivity contribution in [2.75, 3.05) is 6.61 Å². The average Bonchev–Trinajstić information content (AvgIpc) is 3.18. The lowest BCUT2D eigenvalue weighted by Gasteiger charge is -2.06. The summed E-state index contributed by atoms with van der Waals surface area (Å²) in [7, 11) is 0. The van der Waals surface area contributed by atoms with E-state index in [1.165, 1.54) is 6.21 Å². The second-order valence-corrected chi connectivity index (χ2v) is 7.10. The summed E-state index contributed by atoms with van der Waals surface area (Å²) in [4.78, 5) is 12.5. The molecule has 0 saturated heterocycles. The molecule has 1 aromatic heterocycles. The Bertz CT molecular complexity index is 1280. The molecule has 5 nitrogen and oxygen atoms in total. The van der Waals surface area contributed by atoms with Crippen LogP contribution in [0.15, 0.2) is 74.7 Å². The summed E-state index contributed by atoms with van der Waals surface area (Å²) >= 11 is 3.40. The van der Waals surface area contributed by atoms with Crippen molar-refractivity contribution in [1.29, 1.82) is 0 Å². The predicted octanol–water partition coefficient (Wildman–Crippen LogP) is 5.12. The van der Waals surface area contributed by atoms with E-state index >= 15 is 0 Å². The van der Waals surface area contributed by atoms with Crippen LogP contribution < -0.4 is 10.2 Å². The smallest absolute Gasteiger partial charge is 0.307 e. The van der Waals surface area contributed by atoms with Gasteiger partial charge in [-0.05, 0) is 41.1 Å². The van der Waals surface area contributed by atoms with Crippen LogP contribution in [0.3, 0.4) is 0 Å². The number of nitrogens with one attached hydrogen (secondary N) is 1. The van der Waals surface area contributed by atoms with E-state index in [0.29, 0.717) is 16.9 Å². The summed E-state index contributed by atoms with van der Waals surface area (Å²) < 4.78 is 12.0. The number of fused-ring (bicyclic) bond motifs is 3. The van der Waals surface area contributed by atoms with Crippen molar-refractivity contribution in [3.8, 4) is 18.1 Å². The number of nitrogens with zero attached hydrogens (tertiary/aromatic N) is 1. The average molecular weight is 447 g/mol. The number of ether oxygens (including phenoxy) is 1. The minimum atomic E-state index is -0.442. The number of carbonyl (C=O) groups is 1. The van der Waals surface area contributed by atoms with Gasteiger partial charge in [-0.3, -0.25) is 4.79 Å². The highest BCUT2D eigenvalue weighted by Crippen LogP contribution is 2.28. The third-order valence-electron chi connectivity index (χ3n) is 4.30. The van der Waals surface area contributed by atoms with Gasteiger partial charge in [-0.15, -0.1) is 6.42 Å². The van der Waals surface area contributed by atoms with Gasteiger partial charge in [0.15, 0.2) is 5.76 Å². The monoisotopic (exact) mass is 446 g/mol. The first kappa shape index (κ1) is 18.8. The Morgan fingerprint density at radius 1 is 1.17 bits per heavy atom. The van der Waals surface area contributed by atoms with E-state index in [0.717, 1.165) is 20.6 Å². The number of hydrazone groups is 1. The number of rotatable bonds is 5. The fourth-order valence-corrected chi connectivity index (χ4v) is 3.37. The maximum Gasteiger partial charge on any atom is 0.307 e. The first-order valence-corrected chi connectivity index (χ1v) is 9.55. The molecule has 3 aromatic carbocycles. The number of terminal acetylenes is 1. The van der Waals surface area contributed by atoms with E-state index in [2.05, 4.69) is 32.4 Å². The predicted molar refractivity (Wildman–Crippen MR) is 117 cm³/mol. The molecule has 1 N–H and O–H groups in total. The molecule has 6 heteroatoms. The molecule has 0 fully saturated rings. The first-order chi connectivity index (χ1) is 14.2. The molecular formula is C23H15BrN2O3. The van der Waals surface area contributed by atoms with E-state index in [4.69, 9.17) is 15.6 Å². The Morgan fingerprint density at radius 2 is 2.03 bits per heavy atom. The molecular weight excluding hydrogens is 432 g/mol. The van der Waals surface area contributed by atoms with Gasteiger partial charge in [-0.1, -0.05) is 52.2 Å². The molecule has 0 radical (unpaired) electrons. The second kappa shape index (κ2) is 8.21. The van der Waals surface area contributed by atoms with Crippen LogP contribution in [0.1, 0.15) is 16.1 Å². The van der Waals surface area contributed by atoms with Crippen molar-refractivity contribution in [3.05, 3.63) is 76.5 Å². The molecule has 142 valence electrons. The van der Waals surface area contributed by atoms with Crippen LogP contribution in [0.25, 0.3) is 21.7 Å². The number of hydrogen-bond donors (Lipinski definition) is 1. The van der Waals surface area contributed by atoms with Crippen LogP contribution in [-0.2, 0) is 0 Å². The van der Waals surface area contributed by atoms with Gasteiger partial charge in [0.2, 0.25) is 0 Å². The van der Waals surface area contributed by atoms with Crippen molar-refractivity contribution in [2.45, 2.75) is 0 Å². The summed E-state index contributed by atoms with van der Waals surface area (Å²) in [5, 5.41) is 7.02. The number of halogens is 1. The fourth-order valence-electron chi connectivity index (χ4n) is 2.99. The molecule has 0 aliphatic carbocycles. The van der Waals surface area contributed by atoms with Crippen LogP contribution in [-0.4, -0.2) is 18.7 Å². The van der Waals surface area contributed by atoms with Gasteiger partial charge >= 0.3 is 5.91 Å². The molecule has 0 saturated carbocycles. The maximum absolute atomic E-state index is 12.5. The third kappa shape index (κ3) is 4.00. The van der Waals surface area contributed by atoms with Crippen LogP contribution in [0.4, 0.5) is 0 Å². The van der Waals surface area contributed by atoms with Crippen LogP contribution in [0, 0.1) is 12.3 Å². The lowest BCUT2D eigenvalue weighted by Crippen LogP contribution is -2.16. The number of amides is 1. The van der Waals surface area contributed by atoms with E-state index < -0.39 is 5.91 Å². The molecule has 29 heavy (non-hydrogen) atoms. The Hall–Kier alpha value is -3.56. The zero-order valence-corrected chi connectivity index (χ0v) is 16.8. The first-order valence-electron chi connectivity index (χ1n) is 8.76. The van der Waals surface area contributed by atoms with E-state index in [9.17, 15) is 4.79 Å². The zero-order valence-electron chi connectivity index (χ0n) is 15.2. The van der Waals surface area contributed by atoms with Gasteiger partial charge in [0.1, 0.15) is 17.9 Å². The fraction of sp³-hybridized carbons (Fsp3) is 0.0435. The molecule has 0 aliphatic rings. The standard InChI is InChI=1S/C23H15BrN2O3/c1-2-11-28-20-10-8-17(24)12-16(20)14-25-26-23(27)22-13-19-18-6-4-3-5-15(18)7-9-21(19)29-22/h1,3-10,12-14H,11H2,(H,26,27)/b25-14+. The molecule has 4 aromatic rings. The van der Waals surface area contributed by atoms with Crippen molar-refractivity contribution in [1.82, 2.24) is 5.43 Å². The van der Waals surface area contributed by atoms with E-state index in [1.807, 2.05) is 48.5 Å². The number of hydrogen-bond acceptors (Lipinski definition) is 4. The number of carbonyl (C=O) groups excluding carboxylic acids is 1. The lowest BCUT2D eigenvalue weighted by atomic mass is 10.1. The third-order valence-corrected chi connectivity index (χ3v) is 4.80. The number of benzene rings is 3. The molecule has 0 aliphatic heterocycles. The molecule has 1 heterocycles. The number of furan rings is 1. The second-order valence-electron chi connectivity index (χ2n) is 6.18. The molecule has 0 spiro atoms. The largest absolute Gasteiger partial charge is 0.480 e. The highest BCUT2D eigenvalue weighted by atomic mass is 79.9. The quantitative estimate of drug-likeness (QED) is 0.262. The summed E-state index contributed by atoms with van der Waals surface area (Å²) in [6, 6.07) is 18.9. The van der Waals surface area contributed by atoms with E-state index in [-0.39, 0.29) is 12.4 Å². The summed E-state index contributed by atoms with van der Waals surface area (Å²) in [5.41, 5.74) is 3.80. The summed E-state index contributed by atoms with van der Waals surface area (Å²) in [6.07, 6.45) is 6.73. The van der Waals surface area contributed by atoms with Crippen LogP contribution in [0.2, 0.25) is 0 Å². The Kier molecular flexibility index (Phi) is 5.32. The molecule has 0 bridgehead atoms. The molecule has 0 atom stereocenters. The van der Waals surface area contributed by atoms with Crippen molar-refractivity contribution < 1.29 is 13.9 Å². The van der Waals surface area contributed by atoms with E-state index in [1.54, 1.807) is 12.1 Å². The minimum Gasteiger partial charge on any atom is -0.480 e. The Morgan fingerprint density at radius 3 is 2.90 bits per heavy atom. The summed E-state index contributed by atoms with van der Waals surface area (Å²) in [6.45, 7) is 0.141. The lowest BCUT2D eigenvalue weighted by molar-refractivity contribution is 0.0929. The van der Waals surface area contributed by atoms with Gasteiger partial charge in [-0.25, -0.2) is 5.43 Å². The van der Waals surface area contributed by atoms with Crippen LogP contribution >= 0.6 is 15.9 Å². The Balaban J connectivity index is 1.55. The topological polar surface area (TPSA) is 63.8 Å². The van der Waals surface area contributed by atoms with Crippen molar-refractivity contribution in [2.24, 2.45) is 5.10 Å². The molecule has 4 rings (SSSR count). The van der Waals surface area contributed by atoms with Gasteiger partial charge in [0, 0.05) is 15.4 Å². The normalized spacial score (nSPS) is 11.0. The zero-order chi connectivity index (χ0) is 20.2. The maximum atomic E-state index is 12.5. The van der Waals surface area contributed by atoms with Gasteiger partial charge in [-0.2, -0.15) is 5.10 Å². The van der Waals surface area contributed by atoms with Crippen molar-refractivity contribution >= 4 is 49.8 Å². The van der Waals surface area contributed by atoms with Crippen LogP contribution in [0.5, 0.6) is 5.75 Å². The molecule has 0 unspecified atom stereocenters. The highest BCUT2D eigenvalue weighted by molar-refractivity contribution is 9.10. The van der Waals surface area contributed by atoms with Crippen molar-refractivity contribution in [3.63, 3.8) is 0 Å².